The number of non-ortho nitro benzene ring substituents is 1. The van der Waals surface area contributed by atoms with E-state index in [1.54, 1.807) is 22.9 Å². The van der Waals surface area contributed by atoms with Gasteiger partial charge in [0.2, 0.25) is 0 Å². The topological polar surface area (TPSA) is 102 Å². The smallest absolute Gasteiger partial charge is 0.265 e. The van der Waals surface area contributed by atoms with Crippen molar-refractivity contribution in [3.05, 3.63) is 124 Å². The lowest BCUT2D eigenvalue weighted by Gasteiger charge is -2.11. The Bertz CT molecular complexity index is 1640. The van der Waals surface area contributed by atoms with Crippen molar-refractivity contribution in [3.8, 4) is 16.9 Å². The van der Waals surface area contributed by atoms with Crippen LogP contribution in [0.5, 0.6) is 0 Å². The van der Waals surface area contributed by atoms with E-state index < -0.39 is 10.8 Å². The number of rotatable bonds is 6. The molecule has 0 unspecified atom stereocenters. The highest BCUT2D eigenvalue weighted by Gasteiger charge is 2.18. The molecule has 36 heavy (non-hydrogen) atoms. The highest BCUT2D eigenvalue weighted by Crippen LogP contribution is 2.28. The number of nitro groups is 1. The van der Waals surface area contributed by atoms with Crippen LogP contribution < -0.4 is 5.43 Å². The van der Waals surface area contributed by atoms with Crippen LogP contribution in [0.25, 0.3) is 27.7 Å². The summed E-state index contributed by atoms with van der Waals surface area (Å²) in [6.45, 7) is 1.99. The van der Waals surface area contributed by atoms with Gasteiger partial charge in [-0.25, -0.2) is 10.1 Å². The van der Waals surface area contributed by atoms with Crippen molar-refractivity contribution in [2.24, 2.45) is 5.10 Å². The minimum absolute atomic E-state index is 0.0534. The lowest BCUT2D eigenvalue weighted by Crippen LogP contribution is -2.18. The summed E-state index contributed by atoms with van der Waals surface area (Å²) in [6.07, 6.45) is 1.35. The molecule has 1 heterocycles. The molecule has 8 heteroatoms. The number of aromatic nitrogens is 2. The van der Waals surface area contributed by atoms with Gasteiger partial charge in [0.05, 0.1) is 22.5 Å². The normalized spacial score (nSPS) is 11.1. The Hall–Kier alpha value is -5.11. The summed E-state index contributed by atoms with van der Waals surface area (Å²) in [5.41, 5.74) is 6.66. The van der Waals surface area contributed by atoms with Crippen LogP contribution in [-0.2, 0) is 0 Å². The van der Waals surface area contributed by atoms with Gasteiger partial charge in [-0.2, -0.15) is 10.2 Å². The Morgan fingerprint density at radius 3 is 2.53 bits per heavy atom. The molecule has 0 bridgehead atoms. The molecule has 4 aromatic carbocycles. The van der Waals surface area contributed by atoms with Gasteiger partial charge >= 0.3 is 0 Å². The minimum atomic E-state index is -0.494. The zero-order chi connectivity index (χ0) is 25.1. The molecule has 176 valence electrons. The van der Waals surface area contributed by atoms with Gasteiger partial charge in [0.25, 0.3) is 11.6 Å². The van der Waals surface area contributed by atoms with Crippen molar-refractivity contribution in [2.75, 3.05) is 0 Å². The summed E-state index contributed by atoms with van der Waals surface area (Å²) in [5, 5.41) is 21.7. The quantitative estimate of drug-likeness (QED) is 0.194. The maximum Gasteiger partial charge on any atom is 0.291 e. The SMILES string of the molecule is Cc1ccccc1-n1nc(C(=O)N/N=C\c2cccc([N+](=O)[O-])c2)cc1-c1ccc2ccccc2c1. The number of aryl methyl sites for hydroxylation is 1. The maximum atomic E-state index is 12.9. The summed E-state index contributed by atoms with van der Waals surface area (Å²) in [6, 6.07) is 29.7. The Morgan fingerprint density at radius 1 is 0.944 bits per heavy atom. The first-order chi connectivity index (χ1) is 17.5. The second-order valence-corrected chi connectivity index (χ2v) is 8.23. The molecule has 0 aliphatic carbocycles. The maximum absolute atomic E-state index is 12.9. The number of fused-ring (bicyclic) bond motifs is 1. The first-order valence-electron chi connectivity index (χ1n) is 11.2. The van der Waals surface area contributed by atoms with Crippen molar-refractivity contribution in [3.63, 3.8) is 0 Å². The molecule has 1 amide bonds. The second-order valence-electron chi connectivity index (χ2n) is 8.23. The van der Waals surface area contributed by atoms with E-state index >= 15 is 0 Å². The second kappa shape index (κ2) is 9.63. The standard InChI is InChI=1S/C28H21N5O3/c1-19-7-2-5-12-26(19)32-27(23-14-13-21-9-3-4-10-22(21)16-23)17-25(31-32)28(34)30-29-18-20-8-6-11-24(15-20)33(35)36/h2-18H,1H3,(H,30,34)/b29-18-. The number of amides is 1. The zero-order valence-electron chi connectivity index (χ0n) is 19.3. The number of benzene rings is 4. The number of nitro benzene ring substituents is 1. The molecule has 0 fully saturated rings. The minimum Gasteiger partial charge on any atom is -0.265 e. The number of carbonyl (C=O) groups excluding carboxylic acids is 1. The van der Waals surface area contributed by atoms with Crippen LogP contribution in [0.1, 0.15) is 21.6 Å². The van der Waals surface area contributed by atoms with Crippen LogP contribution >= 0.6 is 0 Å². The number of carbonyl (C=O) groups is 1. The largest absolute Gasteiger partial charge is 0.291 e. The van der Waals surface area contributed by atoms with E-state index in [0.29, 0.717) is 5.56 Å². The van der Waals surface area contributed by atoms with Crippen LogP contribution in [0.3, 0.4) is 0 Å². The number of nitrogens with one attached hydrogen (secondary N) is 1. The summed E-state index contributed by atoms with van der Waals surface area (Å²) in [7, 11) is 0. The number of hydrazone groups is 1. The molecule has 5 rings (SSSR count). The highest BCUT2D eigenvalue weighted by atomic mass is 16.6. The number of hydrogen-bond donors (Lipinski definition) is 1. The summed E-state index contributed by atoms with van der Waals surface area (Å²) >= 11 is 0. The van der Waals surface area contributed by atoms with E-state index in [9.17, 15) is 14.9 Å². The van der Waals surface area contributed by atoms with Gasteiger partial charge in [-0.15, -0.1) is 0 Å². The highest BCUT2D eigenvalue weighted by molar-refractivity contribution is 5.95. The molecule has 5 aromatic rings. The molecule has 0 aliphatic rings. The van der Waals surface area contributed by atoms with Gasteiger partial charge in [-0.1, -0.05) is 66.7 Å². The van der Waals surface area contributed by atoms with Gasteiger partial charge in [0.1, 0.15) is 0 Å². The van der Waals surface area contributed by atoms with Gasteiger partial charge in [-0.3, -0.25) is 14.9 Å². The monoisotopic (exact) mass is 475 g/mol. The third-order valence-electron chi connectivity index (χ3n) is 5.79. The van der Waals surface area contributed by atoms with Gasteiger partial charge < -0.3 is 0 Å². The molecule has 1 N–H and O–H groups in total. The van der Waals surface area contributed by atoms with Crippen LogP contribution in [0, 0.1) is 17.0 Å². The van der Waals surface area contributed by atoms with E-state index in [1.807, 2.05) is 61.5 Å². The van der Waals surface area contributed by atoms with Crippen LogP contribution in [0.2, 0.25) is 0 Å². The molecule has 0 spiro atoms. The van der Waals surface area contributed by atoms with Gasteiger partial charge in [0.15, 0.2) is 5.69 Å². The van der Waals surface area contributed by atoms with Crippen molar-refractivity contribution in [1.29, 1.82) is 0 Å². The Balaban J connectivity index is 1.49. The number of hydrogen-bond acceptors (Lipinski definition) is 5. The van der Waals surface area contributed by atoms with Crippen molar-refractivity contribution < 1.29 is 9.72 Å². The van der Waals surface area contributed by atoms with Crippen LogP contribution in [0.15, 0.2) is 102 Å². The number of para-hydroxylation sites is 1. The number of nitrogens with zero attached hydrogens (tertiary/aromatic N) is 4. The fourth-order valence-electron chi connectivity index (χ4n) is 3.97. The van der Waals surface area contributed by atoms with Crippen molar-refractivity contribution in [2.45, 2.75) is 6.92 Å². The molecule has 0 saturated carbocycles. The lowest BCUT2D eigenvalue weighted by molar-refractivity contribution is -0.384. The summed E-state index contributed by atoms with van der Waals surface area (Å²) in [4.78, 5) is 23.4. The van der Waals surface area contributed by atoms with Gasteiger partial charge in [-0.05, 0) is 41.5 Å². The molecule has 0 atom stereocenters. The van der Waals surface area contributed by atoms with E-state index in [4.69, 9.17) is 0 Å². The first kappa shape index (κ1) is 22.7. The average molecular weight is 476 g/mol. The van der Waals surface area contributed by atoms with Crippen molar-refractivity contribution >= 4 is 28.6 Å². The Labute approximate surface area is 206 Å². The lowest BCUT2D eigenvalue weighted by atomic mass is 10.0. The summed E-state index contributed by atoms with van der Waals surface area (Å²) in [5.74, 6) is -0.494. The molecule has 0 radical (unpaired) electrons. The Kier molecular flexibility index (Phi) is 6.07. The summed E-state index contributed by atoms with van der Waals surface area (Å²) < 4.78 is 1.76. The van der Waals surface area contributed by atoms with E-state index in [2.05, 4.69) is 27.8 Å². The molecule has 0 aliphatic heterocycles. The fourth-order valence-corrected chi connectivity index (χ4v) is 3.97. The van der Waals surface area contributed by atoms with E-state index in [1.165, 1.54) is 18.3 Å². The van der Waals surface area contributed by atoms with Crippen molar-refractivity contribution in [1.82, 2.24) is 15.2 Å². The molecular formula is C28H21N5O3. The third-order valence-corrected chi connectivity index (χ3v) is 5.79. The fraction of sp³-hybridized carbons (Fsp3) is 0.0357. The predicted octanol–water partition coefficient (Wildman–Crippen LogP) is 5.67. The van der Waals surface area contributed by atoms with Gasteiger partial charge in [0, 0.05) is 23.3 Å². The predicted molar refractivity (Wildman–Crippen MR) is 139 cm³/mol. The Morgan fingerprint density at radius 2 is 1.72 bits per heavy atom. The third kappa shape index (κ3) is 4.60. The molecular weight excluding hydrogens is 454 g/mol. The van der Waals surface area contributed by atoms with E-state index in [0.717, 1.165) is 33.3 Å². The van der Waals surface area contributed by atoms with E-state index in [-0.39, 0.29) is 11.4 Å². The zero-order valence-corrected chi connectivity index (χ0v) is 19.3. The van der Waals surface area contributed by atoms with Crippen LogP contribution in [-0.4, -0.2) is 26.8 Å². The van der Waals surface area contributed by atoms with Crippen LogP contribution in [0.4, 0.5) is 5.69 Å². The first-order valence-corrected chi connectivity index (χ1v) is 11.2. The molecule has 1 aromatic heterocycles. The molecule has 8 nitrogen and oxygen atoms in total. The molecule has 0 saturated heterocycles. The average Bonchev–Trinajstić information content (AvgIpc) is 3.34.